The van der Waals surface area contributed by atoms with Crippen LogP contribution in [0.4, 0.5) is 0 Å². The summed E-state index contributed by atoms with van der Waals surface area (Å²) in [5, 5.41) is 8.93. The molecule has 5 nitrogen and oxygen atoms in total. The Labute approximate surface area is 124 Å². The molecule has 0 N–H and O–H groups in total. The van der Waals surface area contributed by atoms with Crippen molar-refractivity contribution < 1.29 is 8.42 Å². The molecular formula is C15H15N3O2S. The molecule has 0 radical (unpaired) electrons. The Hall–Kier alpha value is -2.10. The Kier molecular flexibility index (Phi) is 3.32. The highest BCUT2D eigenvalue weighted by atomic mass is 32.2. The number of hydrogen-bond acceptors (Lipinski definition) is 3. The summed E-state index contributed by atoms with van der Waals surface area (Å²) in [6, 6.07) is 11.8. The Morgan fingerprint density at radius 1 is 1.24 bits per heavy atom. The van der Waals surface area contributed by atoms with Gasteiger partial charge in [0.25, 0.3) is 0 Å². The molecule has 6 heteroatoms. The van der Waals surface area contributed by atoms with Crippen LogP contribution in [-0.2, 0) is 16.6 Å². The minimum absolute atomic E-state index is 0.174. The second kappa shape index (κ2) is 5.02. The summed E-state index contributed by atoms with van der Waals surface area (Å²) in [6.45, 7) is 2.96. The van der Waals surface area contributed by atoms with Crippen molar-refractivity contribution in [2.45, 2.75) is 24.4 Å². The van der Waals surface area contributed by atoms with Crippen LogP contribution in [0.3, 0.4) is 0 Å². The zero-order valence-corrected chi connectivity index (χ0v) is 12.4. The van der Waals surface area contributed by atoms with E-state index in [1.54, 1.807) is 12.1 Å². The summed E-state index contributed by atoms with van der Waals surface area (Å²) < 4.78 is 29.2. The van der Waals surface area contributed by atoms with Gasteiger partial charge in [0.05, 0.1) is 22.6 Å². The van der Waals surface area contributed by atoms with E-state index in [1.165, 1.54) is 16.4 Å². The lowest BCUT2D eigenvalue weighted by atomic mass is 10.2. The van der Waals surface area contributed by atoms with Gasteiger partial charge in [0.1, 0.15) is 0 Å². The van der Waals surface area contributed by atoms with Gasteiger partial charge in [0.15, 0.2) is 0 Å². The van der Waals surface area contributed by atoms with Gasteiger partial charge in [-0.25, -0.2) is 8.42 Å². The average molecular weight is 301 g/mol. The summed E-state index contributed by atoms with van der Waals surface area (Å²) >= 11 is 0. The van der Waals surface area contributed by atoms with Crippen molar-refractivity contribution in [3.05, 3.63) is 53.9 Å². The minimum atomic E-state index is -3.60. The molecule has 1 aromatic heterocycles. The molecule has 1 atom stereocenters. The molecule has 1 unspecified atom stereocenters. The summed E-state index contributed by atoms with van der Waals surface area (Å²) in [7, 11) is -3.60. The van der Waals surface area contributed by atoms with E-state index in [1.807, 2.05) is 31.3 Å². The van der Waals surface area contributed by atoms with Crippen molar-refractivity contribution in [3.8, 4) is 6.07 Å². The lowest BCUT2D eigenvalue weighted by Gasteiger charge is -2.33. The fourth-order valence-corrected chi connectivity index (χ4v) is 4.39. The summed E-state index contributed by atoms with van der Waals surface area (Å²) in [5.41, 5.74) is 1.34. The van der Waals surface area contributed by atoms with E-state index in [9.17, 15) is 8.42 Å². The maximum absolute atomic E-state index is 12.8. The molecule has 3 rings (SSSR count). The Morgan fingerprint density at radius 2 is 2.05 bits per heavy atom. The molecule has 0 bridgehead atoms. The van der Waals surface area contributed by atoms with Crippen LogP contribution in [0.2, 0.25) is 0 Å². The summed E-state index contributed by atoms with van der Waals surface area (Å²) in [6.07, 6.45) is 1.96. The maximum atomic E-state index is 12.8. The third-order valence-corrected chi connectivity index (χ3v) is 5.82. The van der Waals surface area contributed by atoms with Gasteiger partial charge in [0, 0.05) is 25.0 Å². The van der Waals surface area contributed by atoms with Crippen LogP contribution in [0.5, 0.6) is 0 Å². The monoisotopic (exact) mass is 301 g/mol. The first-order valence-corrected chi connectivity index (χ1v) is 8.15. The zero-order chi connectivity index (χ0) is 15.0. The highest BCUT2D eigenvalue weighted by Crippen LogP contribution is 2.31. The van der Waals surface area contributed by atoms with E-state index in [-0.39, 0.29) is 10.9 Å². The number of aromatic nitrogens is 1. The van der Waals surface area contributed by atoms with Gasteiger partial charge in [0.2, 0.25) is 10.0 Å². The molecule has 0 aliphatic carbocycles. The van der Waals surface area contributed by atoms with Gasteiger partial charge in [-0.05, 0) is 37.3 Å². The predicted octanol–water partition coefficient (Wildman–Crippen LogP) is 2.13. The minimum Gasteiger partial charge on any atom is -0.349 e. The van der Waals surface area contributed by atoms with Crippen molar-refractivity contribution in [2.24, 2.45) is 0 Å². The van der Waals surface area contributed by atoms with Crippen LogP contribution in [0.1, 0.15) is 24.2 Å². The van der Waals surface area contributed by atoms with Crippen molar-refractivity contribution in [1.82, 2.24) is 8.87 Å². The molecule has 0 saturated heterocycles. The fraction of sp³-hybridized carbons (Fsp3) is 0.267. The molecule has 0 fully saturated rings. The fourth-order valence-electron chi connectivity index (χ4n) is 2.75. The van der Waals surface area contributed by atoms with Gasteiger partial charge >= 0.3 is 0 Å². The molecule has 1 aliphatic rings. The van der Waals surface area contributed by atoms with Crippen molar-refractivity contribution >= 4 is 10.0 Å². The molecule has 108 valence electrons. The standard InChI is InChI=1S/C15H15N3O2S/c1-12-15-6-3-7-17(15)8-9-18(12)21(19,20)14-5-2-4-13(10-14)11-16/h2-7,10,12H,8-9H2,1H3. The maximum Gasteiger partial charge on any atom is 0.243 e. The zero-order valence-electron chi connectivity index (χ0n) is 11.6. The molecule has 1 aliphatic heterocycles. The van der Waals surface area contributed by atoms with Crippen LogP contribution in [0, 0.1) is 11.3 Å². The number of nitrogens with zero attached hydrogens (tertiary/aromatic N) is 3. The third kappa shape index (κ3) is 2.24. The third-order valence-electron chi connectivity index (χ3n) is 3.86. The number of hydrogen-bond donors (Lipinski definition) is 0. The van der Waals surface area contributed by atoms with Crippen molar-refractivity contribution in [3.63, 3.8) is 0 Å². The second-order valence-corrected chi connectivity index (χ2v) is 6.95. The lowest BCUT2D eigenvalue weighted by molar-refractivity contribution is 0.282. The molecule has 0 amide bonds. The Morgan fingerprint density at radius 3 is 2.81 bits per heavy atom. The largest absolute Gasteiger partial charge is 0.349 e. The lowest BCUT2D eigenvalue weighted by Crippen LogP contribution is -2.40. The van der Waals surface area contributed by atoms with E-state index in [2.05, 4.69) is 4.57 Å². The van der Waals surface area contributed by atoms with Gasteiger partial charge in [-0.1, -0.05) is 6.07 Å². The molecular weight excluding hydrogens is 286 g/mol. The smallest absolute Gasteiger partial charge is 0.243 e. The average Bonchev–Trinajstić information content (AvgIpc) is 2.97. The molecule has 2 heterocycles. The van der Waals surface area contributed by atoms with Gasteiger partial charge < -0.3 is 4.57 Å². The number of benzene rings is 1. The molecule has 0 spiro atoms. The first-order valence-electron chi connectivity index (χ1n) is 6.71. The topological polar surface area (TPSA) is 66.1 Å². The molecule has 1 aromatic carbocycles. The van der Waals surface area contributed by atoms with E-state index in [0.717, 1.165) is 5.69 Å². The van der Waals surface area contributed by atoms with Gasteiger partial charge in [-0.3, -0.25) is 0 Å². The predicted molar refractivity (Wildman–Crippen MR) is 77.9 cm³/mol. The van der Waals surface area contributed by atoms with E-state index in [4.69, 9.17) is 5.26 Å². The van der Waals surface area contributed by atoms with Crippen LogP contribution in [-0.4, -0.2) is 23.8 Å². The highest BCUT2D eigenvalue weighted by Gasteiger charge is 2.33. The quantitative estimate of drug-likeness (QED) is 0.853. The van der Waals surface area contributed by atoms with Crippen LogP contribution < -0.4 is 0 Å². The van der Waals surface area contributed by atoms with Crippen LogP contribution >= 0.6 is 0 Å². The number of nitriles is 1. The number of fused-ring (bicyclic) bond motifs is 1. The van der Waals surface area contributed by atoms with Crippen LogP contribution in [0.15, 0.2) is 47.5 Å². The van der Waals surface area contributed by atoms with Crippen molar-refractivity contribution in [2.75, 3.05) is 6.54 Å². The summed E-state index contributed by atoms with van der Waals surface area (Å²) in [5.74, 6) is 0. The Bertz CT molecular complexity index is 817. The first-order chi connectivity index (χ1) is 10.0. The Balaban J connectivity index is 2.01. The molecule has 2 aromatic rings. The van der Waals surface area contributed by atoms with Gasteiger partial charge in [-0.15, -0.1) is 0 Å². The summed E-state index contributed by atoms with van der Waals surface area (Å²) in [4.78, 5) is 0.174. The second-order valence-electron chi connectivity index (χ2n) is 5.06. The normalized spacial score (nSPS) is 19.0. The number of rotatable bonds is 2. The SMILES string of the molecule is CC1c2cccn2CCN1S(=O)(=O)c1cccc(C#N)c1. The number of sulfonamides is 1. The first kappa shape index (κ1) is 13.9. The van der Waals surface area contributed by atoms with E-state index in [0.29, 0.717) is 18.7 Å². The van der Waals surface area contributed by atoms with Crippen LogP contribution in [0.25, 0.3) is 0 Å². The van der Waals surface area contributed by atoms with E-state index >= 15 is 0 Å². The van der Waals surface area contributed by atoms with E-state index < -0.39 is 10.0 Å². The molecule has 21 heavy (non-hydrogen) atoms. The highest BCUT2D eigenvalue weighted by molar-refractivity contribution is 7.89. The van der Waals surface area contributed by atoms with Gasteiger partial charge in [-0.2, -0.15) is 9.57 Å². The van der Waals surface area contributed by atoms with Crippen molar-refractivity contribution in [1.29, 1.82) is 5.26 Å². The molecule has 0 saturated carbocycles.